The molecule has 0 spiro atoms. The molecule has 3 aromatic rings. The number of piperazine rings is 1. The number of likely N-dealkylation sites (N-methyl/N-ethyl adjacent to an activating group) is 1. The highest BCUT2D eigenvalue weighted by molar-refractivity contribution is 7.15. The normalized spacial score (nSPS) is 15.9. The molecule has 130 valence electrons. The van der Waals surface area contributed by atoms with E-state index in [1.165, 1.54) is 4.88 Å². The minimum Gasteiger partial charge on any atom is -0.336 e. The van der Waals surface area contributed by atoms with E-state index in [9.17, 15) is 4.79 Å². The fraction of sp³-hybridized carbons (Fsp3) is 0.389. The second kappa shape index (κ2) is 6.24. The van der Waals surface area contributed by atoms with E-state index in [1.807, 2.05) is 24.0 Å². The summed E-state index contributed by atoms with van der Waals surface area (Å²) < 4.78 is 5.38. The first-order chi connectivity index (χ1) is 12.0. The van der Waals surface area contributed by atoms with Crippen LogP contribution in [-0.2, 0) is 0 Å². The van der Waals surface area contributed by atoms with Crippen molar-refractivity contribution in [3.05, 3.63) is 34.3 Å². The average Bonchev–Trinajstić information content (AvgIpc) is 3.20. The van der Waals surface area contributed by atoms with Crippen molar-refractivity contribution in [2.75, 3.05) is 33.2 Å². The van der Waals surface area contributed by atoms with Gasteiger partial charge >= 0.3 is 0 Å². The Balaban J connectivity index is 1.80. The highest BCUT2D eigenvalue weighted by Crippen LogP contribution is 2.31. The standard InChI is InChI=1S/C18H20N4O2S/c1-11-4-5-15(25-11)14-10-13(16-12(2)20-24-17(16)19-14)18(23)22-8-6-21(3)7-9-22/h4-5,10H,6-9H2,1-3H3. The largest absolute Gasteiger partial charge is 0.336 e. The van der Waals surface area contributed by atoms with Gasteiger partial charge in [-0.2, -0.15) is 0 Å². The van der Waals surface area contributed by atoms with E-state index in [4.69, 9.17) is 4.52 Å². The summed E-state index contributed by atoms with van der Waals surface area (Å²) in [7, 11) is 2.08. The van der Waals surface area contributed by atoms with Crippen LogP contribution < -0.4 is 0 Å². The van der Waals surface area contributed by atoms with Gasteiger partial charge in [-0.15, -0.1) is 11.3 Å². The van der Waals surface area contributed by atoms with E-state index in [1.54, 1.807) is 11.3 Å². The van der Waals surface area contributed by atoms with E-state index in [2.05, 4.69) is 35.1 Å². The molecule has 25 heavy (non-hydrogen) atoms. The van der Waals surface area contributed by atoms with Crippen LogP contribution in [0.5, 0.6) is 0 Å². The predicted octanol–water partition coefficient (Wildman–Crippen LogP) is 2.96. The molecule has 0 aliphatic carbocycles. The molecular weight excluding hydrogens is 336 g/mol. The fourth-order valence-corrected chi connectivity index (χ4v) is 3.97. The summed E-state index contributed by atoms with van der Waals surface area (Å²) in [6.45, 7) is 7.15. The maximum absolute atomic E-state index is 13.2. The van der Waals surface area contributed by atoms with Gasteiger partial charge in [0, 0.05) is 31.1 Å². The quantitative estimate of drug-likeness (QED) is 0.706. The molecule has 6 nitrogen and oxygen atoms in total. The van der Waals surface area contributed by atoms with Crippen molar-refractivity contribution in [3.8, 4) is 10.6 Å². The Morgan fingerprint density at radius 2 is 1.96 bits per heavy atom. The summed E-state index contributed by atoms with van der Waals surface area (Å²) in [6, 6.07) is 5.97. The van der Waals surface area contributed by atoms with Crippen molar-refractivity contribution < 1.29 is 9.32 Å². The summed E-state index contributed by atoms with van der Waals surface area (Å²) >= 11 is 1.66. The first-order valence-electron chi connectivity index (χ1n) is 8.34. The Morgan fingerprint density at radius 3 is 2.64 bits per heavy atom. The van der Waals surface area contributed by atoms with Gasteiger partial charge in [0.25, 0.3) is 11.6 Å². The zero-order valence-corrected chi connectivity index (χ0v) is 15.4. The van der Waals surface area contributed by atoms with Gasteiger partial charge < -0.3 is 14.3 Å². The van der Waals surface area contributed by atoms with Gasteiger partial charge in [0.1, 0.15) is 0 Å². The first kappa shape index (κ1) is 16.2. The Hall–Kier alpha value is -2.25. The molecule has 0 saturated carbocycles. The van der Waals surface area contributed by atoms with Crippen molar-refractivity contribution in [1.29, 1.82) is 0 Å². The number of aryl methyl sites for hydroxylation is 2. The van der Waals surface area contributed by atoms with Gasteiger partial charge in [-0.05, 0) is 39.1 Å². The van der Waals surface area contributed by atoms with E-state index >= 15 is 0 Å². The molecule has 1 amide bonds. The zero-order valence-electron chi connectivity index (χ0n) is 14.6. The van der Waals surface area contributed by atoms with Crippen LogP contribution in [0.1, 0.15) is 20.9 Å². The number of amides is 1. The minimum atomic E-state index is 0.0290. The molecule has 0 radical (unpaired) electrons. The zero-order chi connectivity index (χ0) is 17.6. The molecule has 0 N–H and O–H groups in total. The first-order valence-corrected chi connectivity index (χ1v) is 9.16. The van der Waals surface area contributed by atoms with Crippen LogP contribution in [0.25, 0.3) is 21.7 Å². The fourth-order valence-electron chi connectivity index (χ4n) is 3.14. The number of nitrogens with zero attached hydrogens (tertiary/aromatic N) is 4. The SMILES string of the molecule is Cc1ccc(-c2cc(C(=O)N3CCN(C)CC3)c3c(C)noc3n2)s1. The van der Waals surface area contributed by atoms with Crippen molar-refractivity contribution in [2.24, 2.45) is 0 Å². The number of fused-ring (bicyclic) bond motifs is 1. The maximum Gasteiger partial charge on any atom is 0.259 e. The van der Waals surface area contributed by atoms with Gasteiger partial charge in [0.15, 0.2) is 0 Å². The summed E-state index contributed by atoms with van der Waals surface area (Å²) in [5, 5.41) is 4.75. The third kappa shape index (κ3) is 2.94. The molecule has 1 aliphatic rings. The second-order valence-electron chi connectivity index (χ2n) is 6.51. The van der Waals surface area contributed by atoms with Gasteiger partial charge in [0.2, 0.25) is 0 Å². The van der Waals surface area contributed by atoms with Gasteiger partial charge in [-0.3, -0.25) is 4.79 Å². The molecule has 4 heterocycles. The molecule has 4 rings (SSSR count). The highest BCUT2D eigenvalue weighted by atomic mass is 32.1. The number of hydrogen-bond donors (Lipinski definition) is 0. The lowest BCUT2D eigenvalue weighted by atomic mass is 10.1. The van der Waals surface area contributed by atoms with Crippen LogP contribution in [0.4, 0.5) is 0 Å². The van der Waals surface area contributed by atoms with Gasteiger partial charge in [-0.25, -0.2) is 4.98 Å². The van der Waals surface area contributed by atoms with E-state index in [0.717, 1.165) is 42.1 Å². The Bertz CT molecular complexity index is 938. The Kier molecular flexibility index (Phi) is 4.05. The van der Waals surface area contributed by atoms with Gasteiger partial charge in [-0.1, -0.05) is 5.16 Å². The summed E-state index contributed by atoms with van der Waals surface area (Å²) in [6.07, 6.45) is 0. The summed E-state index contributed by atoms with van der Waals surface area (Å²) in [5.74, 6) is 0.0290. The van der Waals surface area contributed by atoms with Crippen LogP contribution >= 0.6 is 11.3 Å². The smallest absolute Gasteiger partial charge is 0.259 e. The molecule has 7 heteroatoms. The van der Waals surface area contributed by atoms with Crippen molar-refractivity contribution in [3.63, 3.8) is 0 Å². The molecular formula is C18H20N4O2S. The maximum atomic E-state index is 13.2. The van der Waals surface area contributed by atoms with Crippen LogP contribution in [0.3, 0.4) is 0 Å². The average molecular weight is 356 g/mol. The number of aromatic nitrogens is 2. The molecule has 0 bridgehead atoms. The molecule has 0 atom stereocenters. The van der Waals surface area contributed by atoms with Crippen molar-refractivity contribution in [2.45, 2.75) is 13.8 Å². The van der Waals surface area contributed by atoms with Crippen LogP contribution in [0.15, 0.2) is 22.7 Å². The number of thiophene rings is 1. The lowest BCUT2D eigenvalue weighted by molar-refractivity contribution is 0.0666. The van der Waals surface area contributed by atoms with E-state index < -0.39 is 0 Å². The lowest BCUT2D eigenvalue weighted by Crippen LogP contribution is -2.47. The molecule has 1 aliphatic heterocycles. The summed E-state index contributed by atoms with van der Waals surface area (Å²) in [5.41, 5.74) is 2.53. The Labute approximate surface area is 150 Å². The third-order valence-corrected chi connectivity index (χ3v) is 5.65. The molecule has 1 fully saturated rings. The van der Waals surface area contributed by atoms with Crippen LogP contribution in [0, 0.1) is 13.8 Å². The van der Waals surface area contributed by atoms with E-state index in [0.29, 0.717) is 17.0 Å². The number of rotatable bonds is 2. The number of carbonyl (C=O) groups is 1. The van der Waals surface area contributed by atoms with Gasteiger partial charge in [0.05, 0.1) is 27.2 Å². The van der Waals surface area contributed by atoms with E-state index in [-0.39, 0.29) is 5.91 Å². The lowest BCUT2D eigenvalue weighted by Gasteiger charge is -2.32. The summed E-state index contributed by atoms with van der Waals surface area (Å²) in [4.78, 5) is 24.1. The molecule has 0 aromatic carbocycles. The van der Waals surface area contributed by atoms with Crippen LogP contribution in [0.2, 0.25) is 0 Å². The Morgan fingerprint density at radius 1 is 1.20 bits per heavy atom. The number of hydrogen-bond acceptors (Lipinski definition) is 6. The minimum absolute atomic E-state index is 0.0290. The number of pyridine rings is 1. The highest BCUT2D eigenvalue weighted by Gasteiger charge is 2.25. The molecule has 0 unspecified atom stereocenters. The monoisotopic (exact) mass is 356 g/mol. The number of carbonyl (C=O) groups excluding carboxylic acids is 1. The molecule has 3 aromatic heterocycles. The van der Waals surface area contributed by atoms with Crippen LogP contribution in [-0.4, -0.2) is 59.1 Å². The topological polar surface area (TPSA) is 62.5 Å². The molecule has 1 saturated heterocycles. The predicted molar refractivity (Wildman–Crippen MR) is 98.0 cm³/mol. The second-order valence-corrected chi connectivity index (χ2v) is 7.80. The van der Waals surface area contributed by atoms with Crippen molar-refractivity contribution >= 4 is 28.3 Å². The van der Waals surface area contributed by atoms with Crippen molar-refractivity contribution in [1.82, 2.24) is 19.9 Å². The third-order valence-electron chi connectivity index (χ3n) is 4.63.